The van der Waals surface area contributed by atoms with E-state index in [2.05, 4.69) is 0 Å². The Balaban J connectivity index is 1.49. The number of amides is 3. The van der Waals surface area contributed by atoms with Crippen LogP contribution in [0.25, 0.3) is 0 Å². The van der Waals surface area contributed by atoms with Crippen molar-refractivity contribution < 1.29 is 33.5 Å². The number of carboxylic acid groups (broad SMARTS) is 1. The molecule has 268 valence electrons. The summed E-state index contributed by atoms with van der Waals surface area (Å²) in [6.07, 6.45) is -0.290. The second-order valence-corrected chi connectivity index (χ2v) is 22.0. The van der Waals surface area contributed by atoms with Crippen LogP contribution >= 0.6 is 6.89 Å². The molecule has 4 aromatic rings. The van der Waals surface area contributed by atoms with Crippen LogP contribution in [0.3, 0.4) is 0 Å². The fraction of sp³-hybridized carbons (Fsp3) is 0.268. The van der Waals surface area contributed by atoms with Gasteiger partial charge in [0.2, 0.25) is 17.7 Å². The molecule has 0 spiro atoms. The molecule has 1 N–H and O–H groups in total. The van der Waals surface area contributed by atoms with Crippen LogP contribution in [0.1, 0.15) is 42.1 Å². The van der Waals surface area contributed by atoms with Crippen LogP contribution in [0, 0.1) is 5.92 Å². The van der Waals surface area contributed by atoms with E-state index in [0.29, 0.717) is 11.1 Å². The largest absolute Gasteiger partial charge is 0.477 e. The van der Waals surface area contributed by atoms with Gasteiger partial charge < -0.3 is 14.4 Å². The molecule has 3 atom stereocenters. The number of carboxylic acids is 1. The highest BCUT2D eigenvalue weighted by molar-refractivity contribution is 7.96. The highest BCUT2D eigenvalue weighted by Gasteiger charge is 2.56. The Morgan fingerprint density at radius 2 is 1.23 bits per heavy atom. The van der Waals surface area contributed by atoms with Crippen molar-refractivity contribution >= 4 is 66.0 Å². The molecular formula is C41H43N2O7PSi. The Bertz CT molecular complexity index is 1930. The molecule has 0 aromatic heterocycles. The number of β-lactam (4-membered cyclic amide) rings is 1. The van der Waals surface area contributed by atoms with Crippen LogP contribution in [0.2, 0.25) is 19.6 Å². The third-order valence-electron chi connectivity index (χ3n) is 9.65. The fourth-order valence-corrected chi connectivity index (χ4v) is 13.1. The molecule has 6 rings (SSSR count). The zero-order valence-corrected chi connectivity index (χ0v) is 31.7. The number of hydrogen-bond acceptors (Lipinski definition) is 6. The first-order valence-corrected chi connectivity index (χ1v) is 22.7. The zero-order valence-electron chi connectivity index (χ0n) is 29.8. The minimum Gasteiger partial charge on any atom is -0.477 e. The van der Waals surface area contributed by atoms with Crippen molar-refractivity contribution in [1.82, 2.24) is 9.80 Å². The van der Waals surface area contributed by atoms with Gasteiger partial charge in [-0.1, -0.05) is 115 Å². The van der Waals surface area contributed by atoms with E-state index in [9.17, 15) is 29.1 Å². The summed E-state index contributed by atoms with van der Waals surface area (Å²) in [7, 11) is -2.15. The number of imide groups is 1. The van der Waals surface area contributed by atoms with E-state index in [1.165, 1.54) is 9.80 Å². The third kappa shape index (κ3) is 7.11. The van der Waals surface area contributed by atoms with Crippen LogP contribution in [-0.2, 0) is 30.1 Å². The van der Waals surface area contributed by atoms with E-state index in [4.69, 9.17) is 4.43 Å². The first kappa shape index (κ1) is 36.9. The SMILES string of the molecule is C[C@@H](O[Si](C)(C)C)[C@H]1C(=O)N(C(C(=O)O)=P(c2ccccc2)(c2ccccc2)c2ccccc2)[C@@H]1CC(=O)c1ccc(CN2C(=O)CCC2=O)cc1. The van der Waals surface area contributed by atoms with E-state index in [1.807, 2.05) is 118 Å². The maximum Gasteiger partial charge on any atom is 0.353 e. The van der Waals surface area contributed by atoms with Crippen molar-refractivity contribution in [1.29, 1.82) is 0 Å². The summed E-state index contributed by atoms with van der Waals surface area (Å²) in [6.45, 7) is 4.81. The Labute approximate surface area is 305 Å². The van der Waals surface area contributed by atoms with Gasteiger partial charge >= 0.3 is 5.97 Å². The lowest BCUT2D eigenvalue weighted by Crippen LogP contribution is -2.69. The van der Waals surface area contributed by atoms with Crippen LogP contribution in [-0.4, -0.2) is 70.3 Å². The summed E-state index contributed by atoms with van der Waals surface area (Å²) in [6, 6.07) is 34.3. The molecule has 0 unspecified atom stereocenters. The maximum atomic E-state index is 14.6. The smallest absolute Gasteiger partial charge is 0.353 e. The van der Waals surface area contributed by atoms with Crippen molar-refractivity contribution in [3.05, 3.63) is 126 Å². The molecule has 2 fully saturated rings. The van der Waals surface area contributed by atoms with E-state index in [1.54, 1.807) is 24.3 Å². The van der Waals surface area contributed by atoms with Crippen LogP contribution in [0.4, 0.5) is 0 Å². The summed E-state index contributed by atoms with van der Waals surface area (Å²) in [5, 5.41) is 13.6. The van der Waals surface area contributed by atoms with Gasteiger partial charge in [-0.25, -0.2) is 4.79 Å². The van der Waals surface area contributed by atoms with Gasteiger partial charge in [0.05, 0.1) is 24.6 Å². The first-order chi connectivity index (χ1) is 24.8. The van der Waals surface area contributed by atoms with Crippen molar-refractivity contribution in [3.63, 3.8) is 0 Å². The average Bonchev–Trinajstić information content (AvgIpc) is 3.44. The number of likely N-dealkylation sites (tertiary alicyclic amines) is 2. The van der Waals surface area contributed by atoms with Gasteiger partial charge in [0.25, 0.3) is 0 Å². The predicted octanol–water partition coefficient (Wildman–Crippen LogP) is 5.18. The van der Waals surface area contributed by atoms with Crippen molar-refractivity contribution in [2.24, 2.45) is 5.92 Å². The molecule has 11 heteroatoms. The Hall–Kier alpha value is -4.89. The van der Waals surface area contributed by atoms with Crippen molar-refractivity contribution in [2.75, 3.05) is 0 Å². The van der Waals surface area contributed by atoms with Crippen molar-refractivity contribution in [2.45, 2.75) is 64.5 Å². The minimum absolute atomic E-state index is 0.0503. The lowest BCUT2D eigenvalue weighted by atomic mass is 9.79. The van der Waals surface area contributed by atoms with E-state index in [-0.39, 0.29) is 54.7 Å². The molecule has 2 heterocycles. The highest BCUT2D eigenvalue weighted by Crippen LogP contribution is 2.50. The van der Waals surface area contributed by atoms with Gasteiger partial charge in [-0.05, 0) is 48.0 Å². The van der Waals surface area contributed by atoms with Gasteiger partial charge in [-0.3, -0.25) is 24.1 Å². The number of nitrogens with zero attached hydrogens (tertiary/aromatic N) is 2. The lowest BCUT2D eigenvalue weighted by molar-refractivity contribution is -0.155. The normalized spacial score (nSPS) is 18.3. The molecule has 2 aliphatic rings. The molecule has 52 heavy (non-hydrogen) atoms. The summed E-state index contributed by atoms with van der Waals surface area (Å²) >= 11 is 0. The first-order valence-electron chi connectivity index (χ1n) is 17.5. The maximum absolute atomic E-state index is 14.6. The van der Waals surface area contributed by atoms with Gasteiger partial charge in [-0.15, -0.1) is 0 Å². The topological polar surface area (TPSA) is 121 Å². The van der Waals surface area contributed by atoms with Gasteiger partial charge in [0.15, 0.2) is 14.1 Å². The number of Topliss-reactive ketones (excluding diaryl/α,β-unsaturated/α-hetero) is 1. The fourth-order valence-electron chi connectivity index (χ4n) is 7.45. The molecular weight excluding hydrogens is 692 g/mol. The van der Waals surface area contributed by atoms with Gasteiger partial charge in [-0.2, -0.15) is 0 Å². The Morgan fingerprint density at radius 1 is 0.769 bits per heavy atom. The molecule has 4 aromatic carbocycles. The molecule has 2 saturated heterocycles. The van der Waals surface area contributed by atoms with Crippen LogP contribution < -0.4 is 15.9 Å². The van der Waals surface area contributed by atoms with E-state index >= 15 is 0 Å². The predicted molar refractivity (Wildman–Crippen MR) is 206 cm³/mol. The minimum atomic E-state index is -3.24. The number of hydrogen-bond donors (Lipinski definition) is 1. The average molecular weight is 735 g/mol. The highest BCUT2D eigenvalue weighted by atomic mass is 31.2. The second-order valence-electron chi connectivity index (χ2n) is 14.2. The number of benzene rings is 4. The van der Waals surface area contributed by atoms with Crippen LogP contribution in [0.5, 0.6) is 0 Å². The zero-order chi connectivity index (χ0) is 37.2. The van der Waals surface area contributed by atoms with Crippen molar-refractivity contribution in [3.8, 4) is 0 Å². The molecule has 0 bridgehead atoms. The molecule has 0 saturated carbocycles. The monoisotopic (exact) mass is 734 g/mol. The number of ketones is 1. The molecule has 2 aliphatic heterocycles. The third-order valence-corrected chi connectivity index (χ3v) is 15.0. The number of carbonyl (C=O) groups excluding carboxylic acids is 4. The Kier molecular flexibility index (Phi) is 10.6. The molecule has 0 radical (unpaired) electrons. The van der Waals surface area contributed by atoms with Gasteiger partial charge in [0.1, 0.15) is 5.42 Å². The molecule has 3 amide bonds. The molecule has 0 aliphatic carbocycles. The van der Waals surface area contributed by atoms with E-state index in [0.717, 1.165) is 15.9 Å². The standard InChI is InChI=1S/C41H43N2O7PSi/c1-28(50-52(2,3)4)38-34(26-35(44)30-22-20-29(21-23-30)27-42-36(45)24-25-37(42)46)43(39(38)47)40(41(48)49)51(31-14-8-5-9-15-31,32-16-10-6-11-17-32)33-18-12-7-13-19-33/h5-23,28,34,38H,24-27H2,1-4H3,(H,48,49)/t28-,34-,38-/m1/s1. The number of aliphatic carboxylic acids is 1. The van der Waals surface area contributed by atoms with Crippen LogP contribution in [0.15, 0.2) is 115 Å². The number of rotatable bonds is 13. The summed E-state index contributed by atoms with van der Waals surface area (Å²) in [5.41, 5.74) is 1.04. The summed E-state index contributed by atoms with van der Waals surface area (Å²) in [5.74, 6) is -3.06. The number of carbonyl (C=O) groups is 5. The summed E-state index contributed by atoms with van der Waals surface area (Å²) in [4.78, 5) is 69.6. The molecule has 9 nitrogen and oxygen atoms in total. The van der Waals surface area contributed by atoms with Gasteiger partial charge in [0, 0.05) is 31.7 Å². The summed E-state index contributed by atoms with van der Waals surface area (Å²) < 4.78 is 6.43. The Morgan fingerprint density at radius 3 is 1.65 bits per heavy atom. The quantitative estimate of drug-likeness (QED) is 0.0661. The van der Waals surface area contributed by atoms with E-state index < -0.39 is 39.2 Å². The second kappa shape index (κ2) is 15.0. The lowest BCUT2D eigenvalue weighted by Gasteiger charge is -2.51.